The Kier molecular flexibility index (Phi) is 3.73. The highest BCUT2D eigenvalue weighted by Gasteiger charge is 1.97. The van der Waals surface area contributed by atoms with E-state index in [9.17, 15) is 0 Å². The van der Waals surface area contributed by atoms with Crippen LogP contribution in [0.25, 0.3) is 0 Å². The van der Waals surface area contributed by atoms with Crippen molar-refractivity contribution in [1.82, 2.24) is 4.98 Å². The fourth-order valence-electron chi connectivity index (χ4n) is 1.39. The highest BCUT2D eigenvalue weighted by Crippen LogP contribution is 2.12. The van der Waals surface area contributed by atoms with Gasteiger partial charge in [0.05, 0.1) is 11.6 Å². The van der Waals surface area contributed by atoms with Gasteiger partial charge in [-0.3, -0.25) is 0 Å². The molecule has 2 aromatic rings. The number of hydrogen-bond acceptors (Lipinski definition) is 3. The van der Waals surface area contributed by atoms with Crippen LogP contribution in [0.5, 0.6) is 0 Å². The molecule has 0 fully saturated rings. The van der Waals surface area contributed by atoms with E-state index in [0.717, 1.165) is 10.0 Å². The van der Waals surface area contributed by atoms with Gasteiger partial charge in [0.25, 0.3) is 0 Å². The van der Waals surface area contributed by atoms with E-state index in [4.69, 9.17) is 5.26 Å². The van der Waals surface area contributed by atoms with E-state index in [0.29, 0.717) is 17.9 Å². The molecule has 1 heterocycles. The van der Waals surface area contributed by atoms with Crippen molar-refractivity contribution in [2.75, 3.05) is 5.32 Å². The number of pyridine rings is 1. The molecule has 0 atom stereocenters. The Labute approximate surface area is 108 Å². The highest BCUT2D eigenvalue weighted by atomic mass is 79.9. The normalized spacial score (nSPS) is 9.65. The Morgan fingerprint density at radius 1 is 1.24 bits per heavy atom. The molecule has 4 heteroatoms. The second-order valence-electron chi connectivity index (χ2n) is 3.52. The van der Waals surface area contributed by atoms with Gasteiger partial charge in [-0.15, -0.1) is 0 Å². The van der Waals surface area contributed by atoms with Crippen molar-refractivity contribution in [2.24, 2.45) is 0 Å². The summed E-state index contributed by atoms with van der Waals surface area (Å²) in [7, 11) is 0. The van der Waals surface area contributed by atoms with Gasteiger partial charge in [0.1, 0.15) is 5.82 Å². The van der Waals surface area contributed by atoms with Gasteiger partial charge in [-0.25, -0.2) is 4.98 Å². The van der Waals surface area contributed by atoms with E-state index < -0.39 is 0 Å². The number of aromatic nitrogens is 1. The van der Waals surface area contributed by atoms with E-state index in [2.05, 4.69) is 32.3 Å². The van der Waals surface area contributed by atoms with Crippen LogP contribution in [0.3, 0.4) is 0 Å². The van der Waals surface area contributed by atoms with Gasteiger partial charge >= 0.3 is 0 Å². The maximum atomic E-state index is 8.77. The van der Waals surface area contributed by atoms with Crippen LogP contribution in [-0.4, -0.2) is 4.98 Å². The molecule has 0 saturated heterocycles. The Morgan fingerprint density at radius 2 is 2.00 bits per heavy atom. The molecule has 1 aromatic heterocycles. The van der Waals surface area contributed by atoms with Crippen molar-refractivity contribution >= 4 is 21.7 Å². The van der Waals surface area contributed by atoms with Crippen LogP contribution in [0.4, 0.5) is 5.82 Å². The third-order valence-corrected chi connectivity index (χ3v) is 2.80. The molecule has 0 saturated carbocycles. The van der Waals surface area contributed by atoms with Crippen LogP contribution in [0.15, 0.2) is 47.1 Å². The average molecular weight is 288 g/mol. The zero-order valence-electron chi connectivity index (χ0n) is 9.02. The van der Waals surface area contributed by atoms with E-state index in [1.807, 2.05) is 24.3 Å². The molecule has 0 radical (unpaired) electrons. The van der Waals surface area contributed by atoms with Gasteiger partial charge < -0.3 is 5.32 Å². The molecule has 0 aliphatic rings. The maximum absolute atomic E-state index is 8.77. The van der Waals surface area contributed by atoms with Crippen LogP contribution >= 0.6 is 15.9 Å². The molecule has 0 aliphatic carbocycles. The van der Waals surface area contributed by atoms with Crippen molar-refractivity contribution in [2.45, 2.75) is 6.54 Å². The summed E-state index contributed by atoms with van der Waals surface area (Å²) < 4.78 is 1.06. The van der Waals surface area contributed by atoms with E-state index in [1.165, 1.54) is 0 Å². The zero-order chi connectivity index (χ0) is 12.1. The van der Waals surface area contributed by atoms with Crippen molar-refractivity contribution in [1.29, 1.82) is 5.26 Å². The molecule has 0 spiro atoms. The quantitative estimate of drug-likeness (QED) is 0.942. The molecule has 17 heavy (non-hydrogen) atoms. The highest BCUT2D eigenvalue weighted by molar-refractivity contribution is 9.10. The van der Waals surface area contributed by atoms with Crippen LogP contribution < -0.4 is 5.32 Å². The van der Waals surface area contributed by atoms with E-state index in [1.54, 1.807) is 18.3 Å². The summed E-state index contributed by atoms with van der Waals surface area (Å²) in [5.74, 6) is 0.715. The molecule has 1 aromatic carbocycles. The van der Waals surface area contributed by atoms with Gasteiger partial charge in [-0.1, -0.05) is 28.1 Å². The molecular weight excluding hydrogens is 278 g/mol. The summed E-state index contributed by atoms with van der Waals surface area (Å²) in [6.45, 7) is 0.690. The number of nitrogens with one attached hydrogen (secondary N) is 1. The number of halogens is 1. The number of nitriles is 1. The van der Waals surface area contributed by atoms with Crippen LogP contribution in [0.1, 0.15) is 11.1 Å². The lowest BCUT2D eigenvalue weighted by Crippen LogP contribution is -2.01. The van der Waals surface area contributed by atoms with Gasteiger partial charge in [0, 0.05) is 17.2 Å². The SMILES string of the molecule is N#Cc1ccnc(NCc2ccc(Br)cc2)c1. The summed E-state index contributed by atoms with van der Waals surface area (Å²) in [4.78, 5) is 4.15. The summed E-state index contributed by atoms with van der Waals surface area (Å²) in [5.41, 5.74) is 1.77. The minimum absolute atomic E-state index is 0.610. The second-order valence-corrected chi connectivity index (χ2v) is 4.44. The Bertz CT molecular complexity index is 543. The third kappa shape index (κ3) is 3.30. The molecular formula is C13H10BrN3. The number of benzene rings is 1. The van der Waals surface area contributed by atoms with Crippen molar-refractivity contribution in [3.63, 3.8) is 0 Å². The summed E-state index contributed by atoms with van der Waals surface area (Å²) >= 11 is 3.39. The van der Waals surface area contributed by atoms with Gasteiger partial charge in [-0.05, 0) is 29.8 Å². The fraction of sp³-hybridized carbons (Fsp3) is 0.0769. The Hall–Kier alpha value is -1.86. The Morgan fingerprint density at radius 3 is 2.71 bits per heavy atom. The van der Waals surface area contributed by atoms with Crippen molar-refractivity contribution in [3.05, 3.63) is 58.2 Å². The third-order valence-electron chi connectivity index (χ3n) is 2.28. The number of anilines is 1. The molecule has 2 rings (SSSR count). The first kappa shape index (κ1) is 11.6. The van der Waals surface area contributed by atoms with Crippen LogP contribution in [0.2, 0.25) is 0 Å². The molecule has 1 N–H and O–H groups in total. The topological polar surface area (TPSA) is 48.7 Å². The molecule has 0 aliphatic heterocycles. The zero-order valence-corrected chi connectivity index (χ0v) is 10.6. The average Bonchev–Trinajstić information content (AvgIpc) is 2.38. The first-order valence-corrected chi connectivity index (χ1v) is 5.92. The van der Waals surface area contributed by atoms with E-state index in [-0.39, 0.29) is 0 Å². The predicted molar refractivity (Wildman–Crippen MR) is 70.4 cm³/mol. The van der Waals surface area contributed by atoms with Gasteiger partial charge in [0.2, 0.25) is 0 Å². The smallest absolute Gasteiger partial charge is 0.127 e. The van der Waals surface area contributed by atoms with Crippen molar-refractivity contribution in [3.8, 4) is 6.07 Å². The summed E-state index contributed by atoms with van der Waals surface area (Å²) in [6, 6.07) is 13.6. The molecule has 0 bridgehead atoms. The number of rotatable bonds is 3. The fourth-order valence-corrected chi connectivity index (χ4v) is 1.66. The summed E-state index contributed by atoms with van der Waals surface area (Å²) in [5, 5.41) is 11.9. The van der Waals surface area contributed by atoms with Gasteiger partial charge in [0.15, 0.2) is 0 Å². The minimum Gasteiger partial charge on any atom is -0.366 e. The van der Waals surface area contributed by atoms with Crippen LogP contribution in [0, 0.1) is 11.3 Å². The monoisotopic (exact) mass is 287 g/mol. The van der Waals surface area contributed by atoms with E-state index >= 15 is 0 Å². The van der Waals surface area contributed by atoms with Crippen molar-refractivity contribution < 1.29 is 0 Å². The summed E-state index contributed by atoms with van der Waals surface area (Å²) in [6.07, 6.45) is 1.63. The number of nitrogens with zero attached hydrogens (tertiary/aromatic N) is 2. The number of hydrogen-bond donors (Lipinski definition) is 1. The second kappa shape index (κ2) is 5.46. The molecule has 84 valence electrons. The Balaban J connectivity index is 2.02. The molecule has 0 amide bonds. The van der Waals surface area contributed by atoms with Gasteiger partial charge in [-0.2, -0.15) is 5.26 Å². The molecule has 3 nitrogen and oxygen atoms in total. The lowest BCUT2D eigenvalue weighted by atomic mass is 10.2. The van der Waals surface area contributed by atoms with Crippen LogP contribution in [-0.2, 0) is 6.54 Å². The maximum Gasteiger partial charge on any atom is 0.127 e. The predicted octanol–water partition coefficient (Wildman–Crippen LogP) is 3.33. The molecule has 0 unspecified atom stereocenters. The first-order valence-electron chi connectivity index (χ1n) is 5.12. The first-order chi connectivity index (χ1) is 8.28. The lowest BCUT2D eigenvalue weighted by Gasteiger charge is -2.05. The minimum atomic E-state index is 0.610. The largest absolute Gasteiger partial charge is 0.366 e. The lowest BCUT2D eigenvalue weighted by molar-refractivity contribution is 1.11. The standard InChI is InChI=1S/C13H10BrN3/c14-12-3-1-10(2-4-12)9-17-13-7-11(8-15)5-6-16-13/h1-7H,9H2,(H,16,17).